The molecule has 96 valence electrons. The van der Waals surface area contributed by atoms with E-state index in [0.717, 1.165) is 16.9 Å². The van der Waals surface area contributed by atoms with Crippen LogP contribution in [0.4, 0.5) is 5.69 Å². The molecule has 0 spiro atoms. The molecule has 0 aliphatic heterocycles. The molecule has 2 rings (SSSR count). The van der Waals surface area contributed by atoms with Crippen molar-refractivity contribution in [1.29, 1.82) is 0 Å². The van der Waals surface area contributed by atoms with Crippen molar-refractivity contribution in [3.8, 4) is 0 Å². The molecule has 1 atom stereocenters. The number of hydrogen-bond acceptors (Lipinski definition) is 1. The van der Waals surface area contributed by atoms with Crippen LogP contribution in [0, 0.1) is 5.92 Å². The maximum atomic E-state index is 3.61. The van der Waals surface area contributed by atoms with Crippen molar-refractivity contribution in [3.63, 3.8) is 0 Å². The Labute approximate surface area is 118 Å². The van der Waals surface area contributed by atoms with Gasteiger partial charge in [0, 0.05) is 22.1 Å². The summed E-state index contributed by atoms with van der Waals surface area (Å²) in [6.45, 7) is 5.59. The van der Waals surface area contributed by atoms with E-state index in [4.69, 9.17) is 0 Å². The minimum atomic E-state index is 0.720. The van der Waals surface area contributed by atoms with Gasteiger partial charge in [-0.2, -0.15) is 0 Å². The van der Waals surface area contributed by atoms with E-state index in [9.17, 15) is 0 Å². The van der Waals surface area contributed by atoms with Crippen LogP contribution >= 0.6 is 15.9 Å². The zero-order valence-electron chi connectivity index (χ0n) is 11.0. The highest BCUT2D eigenvalue weighted by Crippen LogP contribution is 2.30. The zero-order chi connectivity index (χ0) is 13.0. The molecule has 2 aromatic rings. The molecule has 0 aliphatic carbocycles. The second kappa shape index (κ2) is 6.24. The third kappa shape index (κ3) is 3.05. The Bertz CT molecular complexity index is 521. The second-order valence-corrected chi connectivity index (χ2v) is 5.77. The van der Waals surface area contributed by atoms with Gasteiger partial charge in [-0.3, -0.25) is 0 Å². The van der Waals surface area contributed by atoms with E-state index in [0.29, 0.717) is 0 Å². The largest absolute Gasteiger partial charge is 0.384 e. The molecule has 0 fully saturated rings. The molecule has 0 bridgehead atoms. The van der Waals surface area contributed by atoms with Crippen molar-refractivity contribution < 1.29 is 0 Å². The fraction of sp³-hybridized carbons (Fsp3) is 0.375. The maximum absolute atomic E-state index is 3.61. The summed E-state index contributed by atoms with van der Waals surface area (Å²) in [6, 6.07) is 12.8. The van der Waals surface area contributed by atoms with Crippen LogP contribution in [0.15, 0.2) is 40.9 Å². The monoisotopic (exact) mass is 305 g/mol. The Morgan fingerprint density at radius 2 is 1.83 bits per heavy atom. The lowest BCUT2D eigenvalue weighted by Crippen LogP contribution is -2.11. The highest BCUT2D eigenvalue weighted by Gasteiger charge is 2.05. The third-order valence-electron chi connectivity index (χ3n) is 3.29. The molecule has 2 aromatic carbocycles. The number of anilines is 1. The van der Waals surface area contributed by atoms with Crippen LogP contribution in [0.1, 0.15) is 26.7 Å². The second-order valence-electron chi connectivity index (χ2n) is 4.92. The van der Waals surface area contributed by atoms with Crippen LogP contribution in [0.2, 0.25) is 0 Å². The van der Waals surface area contributed by atoms with E-state index >= 15 is 0 Å². The topological polar surface area (TPSA) is 12.0 Å². The Hall–Kier alpha value is -1.02. The Balaban J connectivity index is 2.21. The summed E-state index contributed by atoms with van der Waals surface area (Å²) in [5.74, 6) is 0.720. The molecule has 0 aromatic heterocycles. The van der Waals surface area contributed by atoms with Gasteiger partial charge >= 0.3 is 0 Å². The van der Waals surface area contributed by atoms with Gasteiger partial charge in [0.15, 0.2) is 0 Å². The first kappa shape index (κ1) is 13.4. The number of hydrogen-bond donors (Lipinski definition) is 1. The first-order chi connectivity index (χ1) is 8.72. The number of nitrogens with one attached hydrogen (secondary N) is 1. The lowest BCUT2D eigenvalue weighted by atomic mass is 10.1. The highest BCUT2D eigenvalue weighted by atomic mass is 79.9. The first-order valence-corrected chi connectivity index (χ1v) is 7.42. The van der Waals surface area contributed by atoms with Gasteiger partial charge in [0.2, 0.25) is 0 Å². The van der Waals surface area contributed by atoms with Crippen molar-refractivity contribution in [2.24, 2.45) is 5.92 Å². The molecule has 2 heteroatoms. The van der Waals surface area contributed by atoms with Crippen molar-refractivity contribution in [3.05, 3.63) is 40.9 Å². The van der Waals surface area contributed by atoms with Crippen LogP contribution in [0.25, 0.3) is 10.8 Å². The molecule has 0 aliphatic rings. The van der Waals surface area contributed by atoms with Crippen molar-refractivity contribution in [2.75, 3.05) is 11.9 Å². The Morgan fingerprint density at radius 1 is 1.11 bits per heavy atom. The lowest BCUT2D eigenvalue weighted by Gasteiger charge is -2.15. The van der Waals surface area contributed by atoms with Crippen molar-refractivity contribution >= 4 is 32.4 Å². The van der Waals surface area contributed by atoms with Crippen LogP contribution in [-0.4, -0.2) is 6.54 Å². The van der Waals surface area contributed by atoms with Crippen LogP contribution in [0.3, 0.4) is 0 Å². The summed E-state index contributed by atoms with van der Waals surface area (Å²) >= 11 is 3.61. The number of rotatable bonds is 5. The van der Waals surface area contributed by atoms with Crippen LogP contribution in [-0.2, 0) is 0 Å². The number of benzene rings is 2. The van der Waals surface area contributed by atoms with E-state index < -0.39 is 0 Å². The minimum absolute atomic E-state index is 0.720. The molecule has 0 amide bonds. The van der Waals surface area contributed by atoms with Gasteiger partial charge < -0.3 is 5.32 Å². The van der Waals surface area contributed by atoms with Gasteiger partial charge in [-0.25, -0.2) is 0 Å². The molecule has 0 heterocycles. The third-order valence-corrected chi connectivity index (χ3v) is 3.98. The average Bonchev–Trinajstić information content (AvgIpc) is 2.39. The highest BCUT2D eigenvalue weighted by molar-refractivity contribution is 9.10. The zero-order valence-corrected chi connectivity index (χ0v) is 12.6. The van der Waals surface area contributed by atoms with Gasteiger partial charge in [0.25, 0.3) is 0 Å². The van der Waals surface area contributed by atoms with E-state index in [1.54, 1.807) is 0 Å². The predicted octanol–water partition coefficient (Wildman–Crippen LogP) is 5.45. The molecule has 0 saturated carbocycles. The van der Waals surface area contributed by atoms with Crippen molar-refractivity contribution in [1.82, 2.24) is 0 Å². The molecule has 18 heavy (non-hydrogen) atoms. The molecule has 0 radical (unpaired) electrons. The maximum Gasteiger partial charge on any atom is 0.0420 e. The van der Waals surface area contributed by atoms with E-state index in [-0.39, 0.29) is 0 Å². The number of halogens is 1. The Kier molecular flexibility index (Phi) is 4.65. The minimum Gasteiger partial charge on any atom is -0.384 e. The fourth-order valence-electron chi connectivity index (χ4n) is 2.30. The summed E-state index contributed by atoms with van der Waals surface area (Å²) < 4.78 is 1.16. The molecular weight excluding hydrogens is 286 g/mol. The summed E-state index contributed by atoms with van der Waals surface area (Å²) in [4.78, 5) is 0. The van der Waals surface area contributed by atoms with Crippen LogP contribution < -0.4 is 5.32 Å². The SMILES string of the molecule is CCCC(C)CNc1ccc(Br)c2ccccc12. The van der Waals surface area contributed by atoms with Gasteiger partial charge in [0.05, 0.1) is 0 Å². The quantitative estimate of drug-likeness (QED) is 0.774. The summed E-state index contributed by atoms with van der Waals surface area (Å²) in [5, 5.41) is 6.14. The van der Waals surface area contributed by atoms with E-state index in [1.807, 2.05) is 0 Å². The summed E-state index contributed by atoms with van der Waals surface area (Å²) in [6.07, 6.45) is 2.53. The van der Waals surface area contributed by atoms with Gasteiger partial charge in [-0.05, 0) is 29.9 Å². The van der Waals surface area contributed by atoms with Gasteiger partial charge in [-0.1, -0.05) is 60.5 Å². The van der Waals surface area contributed by atoms with E-state index in [1.165, 1.54) is 29.3 Å². The predicted molar refractivity (Wildman–Crippen MR) is 84.2 cm³/mol. The summed E-state index contributed by atoms with van der Waals surface area (Å²) in [5.41, 5.74) is 1.23. The van der Waals surface area contributed by atoms with Gasteiger partial charge in [-0.15, -0.1) is 0 Å². The molecular formula is C16H20BrN. The van der Waals surface area contributed by atoms with E-state index in [2.05, 4.69) is 71.5 Å². The normalized spacial score (nSPS) is 12.6. The lowest BCUT2D eigenvalue weighted by molar-refractivity contribution is 0.551. The fourth-order valence-corrected chi connectivity index (χ4v) is 2.77. The van der Waals surface area contributed by atoms with Gasteiger partial charge in [0.1, 0.15) is 0 Å². The average molecular weight is 306 g/mol. The standard InChI is InChI=1S/C16H20BrN/c1-3-6-12(2)11-18-16-10-9-15(17)13-7-4-5-8-14(13)16/h4-5,7-10,12,18H,3,6,11H2,1-2H3. The molecule has 0 saturated heterocycles. The summed E-state index contributed by atoms with van der Waals surface area (Å²) in [7, 11) is 0. The molecule has 1 nitrogen and oxygen atoms in total. The number of fused-ring (bicyclic) bond motifs is 1. The van der Waals surface area contributed by atoms with Crippen molar-refractivity contribution in [2.45, 2.75) is 26.7 Å². The molecule has 1 N–H and O–H groups in total. The van der Waals surface area contributed by atoms with Crippen LogP contribution in [0.5, 0.6) is 0 Å². The first-order valence-electron chi connectivity index (χ1n) is 6.63. The smallest absolute Gasteiger partial charge is 0.0420 e. The Morgan fingerprint density at radius 3 is 2.56 bits per heavy atom. The molecule has 1 unspecified atom stereocenters.